The van der Waals surface area contributed by atoms with Gasteiger partial charge in [-0.25, -0.2) is 4.79 Å². The Labute approximate surface area is 113 Å². The van der Waals surface area contributed by atoms with Crippen LogP contribution < -0.4 is 10.5 Å². The van der Waals surface area contributed by atoms with E-state index in [1.165, 1.54) is 14.2 Å². The molecule has 0 amide bonds. The van der Waals surface area contributed by atoms with Crippen LogP contribution in [0.25, 0.3) is 6.08 Å². The minimum absolute atomic E-state index is 0.00187. The number of benzene rings is 1. The van der Waals surface area contributed by atoms with Gasteiger partial charge in [-0.05, 0) is 39.7 Å². The number of carbonyl (C=O) groups is 1. The number of halogens is 1. The molecular weight excluding hydrogens is 302 g/mol. The van der Waals surface area contributed by atoms with Crippen molar-refractivity contribution in [3.8, 4) is 11.5 Å². The molecule has 0 aliphatic heterocycles. The third-order valence-corrected chi connectivity index (χ3v) is 2.88. The maximum atomic E-state index is 11.4. The number of hydrogen-bond donors (Lipinski definition) is 2. The fourth-order valence-corrected chi connectivity index (χ4v) is 1.83. The van der Waals surface area contributed by atoms with Crippen LogP contribution in [0.3, 0.4) is 0 Å². The smallest absolute Gasteiger partial charge is 0.335 e. The molecule has 0 bridgehead atoms. The molecule has 0 saturated carbocycles. The Morgan fingerprint density at radius 2 is 2.17 bits per heavy atom. The Kier molecular flexibility index (Phi) is 5.18. The van der Waals surface area contributed by atoms with Crippen molar-refractivity contribution in [1.29, 1.82) is 0 Å². The van der Waals surface area contributed by atoms with Gasteiger partial charge in [0, 0.05) is 6.54 Å². The monoisotopic (exact) mass is 315 g/mol. The van der Waals surface area contributed by atoms with Crippen molar-refractivity contribution in [2.75, 3.05) is 20.8 Å². The third kappa shape index (κ3) is 3.24. The van der Waals surface area contributed by atoms with E-state index in [1.54, 1.807) is 18.2 Å². The van der Waals surface area contributed by atoms with E-state index >= 15 is 0 Å². The molecule has 0 fully saturated rings. The Balaban J connectivity index is 3.21. The van der Waals surface area contributed by atoms with Crippen LogP contribution >= 0.6 is 15.9 Å². The van der Waals surface area contributed by atoms with Crippen LogP contribution in [0, 0.1) is 0 Å². The van der Waals surface area contributed by atoms with Crippen LogP contribution in [0.1, 0.15) is 5.56 Å². The summed E-state index contributed by atoms with van der Waals surface area (Å²) in [6.45, 7) is 0.0630. The Bertz CT molecular complexity index is 485. The van der Waals surface area contributed by atoms with E-state index in [0.717, 1.165) is 0 Å². The highest BCUT2D eigenvalue weighted by molar-refractivity contribution is 9.10. The minimum Gasteiger partial charge on any atom is -0.503 e. The zero-order valence-electron chi connectivity index (χ0n) is 10.1. The highest BCUT2D eigenvalue weighted by Crippen LogP contribution is 2.35. The lowest BCUT2D eigenvalue weighted by Gasteiger charge is -2.08. The fraction of sp³-hybridized carbons (Fsp3) is 0.250. The molecule has 6 heteroatoms. The summed E-state index contributed by atoms with van der Waals surface area (Å²) < 4.78 is 10.1. The van der Waals surface area contributed by atoms with E-state index in [4.69, 9.17) is 10.5 Å². The Morgan fingerprint density at radius 3 is 2.67 bits per heavy atom. The highest BCUT2D eigenvalue weighted by Gasteiger charge is 2.11. The largest absolute Gasteiger partial charge is 0.503 e. The first-order valence-corrected chi connectivity index (χ1v) is 5.88. The van der Waals surface area contributed by atoms with Gasteiger partial charge in [-0.2, -0.15) is 0 Å². The van der Waals surface area contributed by atoms with Gasteiger partial charge >= 0.3 is 5.97 Å². The van der Waals surface area contributed by atoms with Crippen LogP contribution in [-0.2, 0) is 9.53 Å². The number of phenolic OH excluding ortho intramolecular Hbond substituents is 1. The molecule has 1 aromatic carbocycles. The second-order valence-electron chi connectivity index (χ2n) is 3.42. The SMILES string of the molecule is COC(=O)/C(=C/c1cc(Br)c(O)c(OC)c1)CN. The number of hydrogen-bond acceptors (Lipinski definition) is 5. The molecular formula is C12H14BrNO4. The van der Waals surface area contributed by atoms with Gasteiger partial charge in [0.1, 0.15) is 0 Å². The number of rotatable bonds is 4. The quantitative estimate of drug-likeness (QED) is 0.652. The molecule has 1 rings (SSSR count). The number of carbonyl (C=O) groups excluding carboxylic acids is 1. The van der Waals surface area contributed by atoms with Crippen molar-refractivity contribution >= 4 is 28.0 Å². The van der Waals surface area contributed by atoms with E-state index in [0.29, 0.717) is 21.4 Å². The Morgan fingerprint density at radius 1 is 1.50 bits per heavy atom. The normalized spacial score (nSPS) is 11.2. The van der Waals surface area contributed by atoms with Crippen LogP contribution in [-0.4, -0.2) is 31.8 Å². The van der Waals surface area contributed by atoms with Gasteiger partial charge in [0.2, 0.25) is 0 Å². The minimum atomic E-state index is -0.485. The Hall–Kier alpha value is -1.53. The summed E-state index contributed by atoms with van der Waals surface area (Å²) in [7, 11) is 2.73. The standard InChI is InChI=1S/C12H14BrNO4/c1-17-10-5-7(4-9(13)11(10)15)3-8(6-14)12(16)18-2/h3-5,15H,6,14H2,1-2H3/b8-3+. The predicted octanol–water partition coefficient (Wildman–Crippen LogP) is 1.68. The number of ether oxygens (including phenoxy) is 2. The molecule has 5 nitrogen and oxygen atoms in total. The summed E-state index contributed by atoms with van der Waals surface area (Å²) in [6.07, 6.45) is 1.58. The van der Waals surface area contributed by atoms with Gasteiger partial charge < -0.3 is 20.3 Å². The van der Waals surface area contributed by atoms with Gasteiger partial charge in [0.15, 0.2) is 11.5 Å². The highest BCUT2D eigenvalue weighted by atomic mass is 79.9. The molecule has 0 aliphatic rings. The molecule has 98 valence electrons. The average molecular weight is 316 g/mol. The van der Waals surface area contributed by atoms with Crippen LogP contribution in [0.15, 0.2) is 22.2 Å². The van der Waals surface area contributed by atoms with E-state index in [2.05, 4.69) is 20.7 Å². The number of methoxy groups -OCH3 is 2. The molecule has 0 atom stereocenters. The van der Waals surface area contributed by atoms with Crippen molar-refractivity contribution in [1.82, 2.24) is 0 Å². The fourth-order valence-electron chi connectivity index (χ4n) is 1.37. The van der Waals surface area contributed by atoms with E-state index in [1.807, 2.05) is 0 Å². The first kappa shape index (κ1) is 14.5. The molecule has 3 N–H and O–H groups in total. The van der Waals surface area contributed by atoms with Crippen molar-refractivity contribution < 1.29 is 19.4 Å². The summed E-state index contributed by atoms with van der Waals surface area (Å²) in [5.41, 5.74) is 6.47. The summed E-state index contributed by atoms with van der Waals surface area (Å²) >= 11 is 3.20. The molecule has 18 heavy (non-hydrogen) atoms. The van der Waals surface area contributed by atoms with E-state index < -0.39 is 5.97 Å². The molecule has 0 spiro atoms. The van der Waals surface area contributed by atoms with Crippen molar-refractivity contribution in [3.05, 3.63) is 27.7 Å². The van der Waals surface area contributed by atoms with Crippen LogP contribution in [0.2, 0.25) is 0 Å². The van der Waals surface area contributed by atoms with Crippen LogP contribution in [0.4, 0.5) is 0 Å². The zero-order chi connectivity index (χ0) is 13.7. The summed E-state index contributed by atoms with van der Waals surface area (Å²) in [5.74, 6) is -0.181. The number of phenols is 1. The van der Waals surface area contributed by atoms with E-state index in [9.17, 15) is 9.90 Å². The topological polar surface area (TPSA) is 81.8 Å². The van der Waals surface area contributed by atoms with Crippen LogP contribution in [0.5, 0.6) is 11.5 Å². The van der Waals surface area contributed by atoms with Crippen molar-refractivity contribution in [2.45, 2.75) is 0 Å². The van der Waals surface area contributed by atoms with Gasteiger partial charge in [0.05, 0.1) is 24.3 Å². The lowest BCUT2D eigenvalue weighted by Crippen LogP contribution is -2.14. The van der Waals surface area contributed by atoms with Gasteiger partial charge in [-0.1, -0.05) is 0 Å². The lowest BCUT2D eigenvalue weighted by atomic mass is 10.1. The van der Waals surface area contributed by atoms with Gasteiger partial charge in [0.25, 0.3) is 0 Å². The second-order valence-corrected chi connectivity index (χ2v) is 4.27. The second kappa shape index (κ2) is 6.42. The maximum absolute atomic E-state index is 11.4. The number of nitrogens with two attached hydrogens (primary N) is 1. The number of esters is 1. The van der Waals surface area contributed by atoms with Crippen molar-refractivity contribution in [2.24, 2.45) is 5.73 Å². The maximum Gasteiger partial charge on any atom is 0.335 e. The summed E-state index contributed by atoms with van der Waals surface area (Å²) in [6, 6.07) is 3.25. The molecule has 0 heterocycles. The van der Waals surface area contributed by atoms with E-state index in [-0.39, 0.29) is 12.3 Å². The lowest BCUT2D eigenvalue weighted by molar-refractivity contribution is -0.136. The zero-order valence-corrected chi connectivity index (χ0v) is 11.7. The number of aromatic hydroxyl groups is 1. The summed E-state index contributed by atoms with van der Waals surface area (Å²) in [4.78, 5) is 11.4. The first-order chi connectivity index (χ1) is 8.53. The molecule has 0 unspecified atom stereocenters. The molecule has 0 radical (unpaired) electrons. The average Bonchev–Trinajstić information content (AvgIpc) is 2.38. The van der Waals surface area contributed by atoms with Crippen molar-refractivity contribution in [3.63, 3.8) is 0 Å². The molecule has 0 aliphatic carbocycles. The molecule has 0 aromatic heterocycles. The van der Waals surface area contributed by atoms with Gasteiger partial charge in [-0.3, -0.25) is 0 Å². The summed E-state index contributed by atoms with van der Waals surface area (Å²) in [5, 5.41) is 9.66. The predicted molar refractivity (Wildman–Crippen MR) is 71.4 cm³/mol. The third-order valence-electron chi connectivity index (χ3n) is 2.28. The first-order valence-electron chi connectivity index (χ1n) is 5.09. The molecule has 1 aromatic rings. The van der Waals surface area contributed by atoms with Gasteiger partial charge in [-0.15, -0.1) is 0 Å². The molecule has 0 saturated heterocycles.